The van der Waals surface area contributed by atoms with Crippen LogP contribution in [0.2, 0.25) is 0 Å². The van der Waals surface area contributed by atoms with E-state index in [0.717, 1.165) is 0 Å². The van der Waals surface area contributed by atoms with Crippen LogP contribution in [0.5, 0.6) is 0 Å². The lowest BCUT2D eigenvalue weighted by Crippen LogP contribution is -1.98. The molecule has 9 rings (SSSR count). The monoisotopic (exact) mass is 584 g/mol. The average Bonchev–Trinajstić information content (AvgIpc) is 3.44. The minimum absolute atomic E-state index is 1.23. The minimum atomic E-state index is 1.23. The smallest absolute Gasteiger partial charge is 0.000719 e. The zero-order valence-electron chi connectivity index (χ0n) is 26.0. The molecule has 0 saturated heterocycles. The zero-order chi connectivity index (χ0) is 30.8. The molecule has 0 saturated carbocycles. The summed E-state index contributed by atoms with van der Waals surface area (Å²) in [7, 11) is 0. The number of rotatable bonds is 4. The molecule has 0 aromatic heterocycles. The summed E-state index contributed by atoms with van der Waals surface area (Å²) in [6, 6.07) is 58.5. The van der Waals surface area contributed by atoms with E-state index in [2.05, 4.69) is 172 Å². The molecule has 8 aromatic carbocycles. The highest BCUT2D eigenvalue weighted by atomic mass is 14.3. The molecular weight excluding hydrogens is 553 g/mol. The highest BCUT2D eigenvalue weighted by molar-refractivity contribution is 6.31. The second-order valence-corrected chi connectivity index (χ2v) is 12.6. The molecule has 0 unspecified atom stereocenters. The van der Waals surface area contributed by atoms with Crippen LogP contribution in [0.1, 0.15) is 11.1 Å². The van der Waals surface area contributed by atoms with Crippen molar-refractivity contribution in [1.29, 1.82) is 0 Å². The molecular formula is C46H32. The molecule has 0 amide bonds. The minimum Gasteiger partial charge on any atom is -0.0622 e. The first-order valence-electron chi connectivity index (χ1n) is 16.1. The lowest BCUT2D eigenvalue weighted by Gasteiger charge is -2.25. The van der Waals surface area contributed by atoms with E-state index in [-0.39, 0.29) is 0 Å². The van der Waals surface area contributed by atoms with E-state index in [4.69, 9.17) is 0 Å². The largest absolute Gasteiger partial charge is 0.0622 e. The van der Waals surface area contributed by atoms with Gasteiger partial charge in [0.15, 0.2) is 0 Å². The van der Waals surface area contributed by atoms with Crippen molar-refractivity contribution in [2.45, 2.75) is 13.8 Å². The summed E-state index contributed by atoms with van der Waals surface area (Å²) in [5, 5.41) is 5.23. The molecule has 0 atom stereocenters. The van der Waals surface area contributed by atoms with E-state index in [1.807, 2.05) is 0 Å². The third kappa shape index (κ3) is 4.00. The maximum absolute atomic E-state index is 2.35. The highest BCUT2D eigenvalue weighted by Crippen LogP contribution is 2.60. The maximum atomic E-state index is 2.35. The van der Waals surface area contributed by atoms with Gasteiger partial charge in [-0.2, -0.15) is 0 Å². The van der Waals surface area contributed by atoms with Crippen LogP contribution in [0, 0.1) is 13.8 Å². The summed E-state index contributed by atoms with van der Waals surface area (Å²) >= 11 is 0. The predicted molar refractivity (Wildman–Crippen MR) is 197 cm³/mol. The van der Waals surface area contributed by atoms with E-state index >= 15 is 0 Å². The molecule has 0 spiro atoms. The molecule has 46 heavy (non-hydrogen) atoms. The number of aryl methyl sites for hydroxylation is 2. The van der Waals surface area contributed by atoms with E-state index in [1.165, 1.54) is 99.4 Å². The lowest BCUT2D eigenvalue weighted by atomic mass is 9.78. The van der Waals surface area contributed by atoms with Gasteiger partial charge < -0.3 is 0 Å². The lowest BCUT2D eigenvalue weighted by molar-refractivity contribution is 1.47. The van der Waals surface area contributed by atoms with Crippen molar-refractivity contribution in [3.05, 3.63) is 169 Å². The molecule has 8 aromatic rings. The Kier molecular flexibility index (Phi) is 6.05. The Morgan fingerprint density at radius 2 is 0.674 bits per heavy atom. The van der Waals surface area contributed by atoms with Crippen molar-refractivity contribution >= 4 is 21.5 Å². The summed E-state index contributed by atoms with van der Waals surface area (Å²) in [6.07, 6.45) is 0. The summed E-state index contributed by atoms with van der Waals surface area (Å²) in [4.78, 5) is 0. The molecule has 0 heteroatoms. The van der Waals surface area contributed by atoms with Crippen LogP contribution in [0.15, 0.2) is 158 Å². The quantitative estimate of drug-likeness (QED) is 0.193. The highest BCUT2D eigenvalue weighted by Gasteiger charge is 2.32. The Bertz CT molecular complexity index is 2260. The fraction of sp³-hybridized carbons (Fsp3) is 0.0435. The topological polar surface area (TPSA) is 0 Å². The van der Waals surface area contributed by atoms with Crippen LogP contribution in [0.3, 0.4) is 0 Å². The summed E-state index contributed by atoms with van der Waals surface area (Å²) in [6.45, 7) is 4.35. The van der Waals surface area contributed by atoms with Gasteiger partial charge in [0.05, 0.1) is 0 Å². The Balaban J connectivity index is 1.60. The van der Waals surface area contributed by atoms with Crippen molar-refractivity contribution in [2.75, 3.05) is 0 Å². The van der Waals surface area contributed by atoms with Gasteiger partial charge >= 0.3 is 0 Å². The van der Waals surface area contributed by atoms with Gasteiger partial charge in [-0.05, 0) is 102 Å². The van der Waals surface area contributed by atoms with E-state index in [1.54, 1.807) is 0 Å². The van der Waals surface area contributed by atoms with Gasteiger partial charge in [-0.1, -0.05) is 169 Å². The van der Waals surface area contributed by atoms with Gasteiger partial charge in [-0.15, -0.1) is 0 Å². The Morgan fingerprint density at radius 1 is 0.261 bits per heavy atom. The third-order valence-corrected chi connectivity index (χ3v) is 9.75. The van der Waals surface area contributed by atoms with Gasteiger partial charge in [0.2, 0.25) is 0 Å². The molecule has 0 bridgehead atoms. The second kappa shape index (κ2) is 10.4. The van der Waals surface area contributed by atoms with Crippen LogP contribution in [-0.4, -0.2) is 0 Å². The molecule has 216 valence electrons. The molecule has 1 aliphatic carbocycles. The van der Waals surface area contributed by atoms with Crippen LogP contribution in [0.4, 0.5) is 0 Å². The standard InChI is InChI=1S/C46H32/c1-29-19-23-34(24-20-29)41-43-36(31-11-5-3-6-12-31)27-28-37(32-13-7-4-8-14-32)44(43)42(35-25-21-30(2)22-26-35)46-39-18-10-16-33-15-9-17-38(40(33)39)45(41)46/h3-28H,1-2H3. The van der Waals surface area contributed by atoms with Gasteiger partial charge in [0, 0.05) is 0 Å². The van der Waals surface area contributed by atoms with Gasteiger partial charge in [-0.3, -0.25) is 0 Å². The maximum Gasteiger partial charge on any atom is -0.000719 e. The molecule has 0 fully saturated rings. The molecule has 1 aliphatic rings. The Morgan fingerprint density at radius 3 is 1.09 bits per heavy atom. The van der Waals surface area contributed by atoms with Crippen LogP contribution in [-0.2, 0) is 0 Å². The van der Waals surface area contributed by atoms with Gasteiger partial charge in [0.25, 0.3) is 0 Å². The van der Waals surface area contributed by atoms with E-state index in [0.29, 0.717) is 0 Å². The summed E-state index contributed by atoms with van der Waals surface area (Å²) < 4.78 is 0. The fourth-order valence-corrected chi connectivity index (χ4v) is 7.65. The normalized spacial score (nSPS) is 11.7. The fourth-order valence-electron chi connectivity index (χ4n) is 7.65. The van der Waals surface area contributed by atoms with Crippen LogP contribution in [0.25, 0.3) is 88.3 Å². The predicted octanol–water partition coefficient (Wildman–Crippen LogP) is 12.9. The molecule has 0 aliphatic heterocycles. The SMILES string of the molecule is Cc1ccc(-c2c3c(c(-c4ccc(C)cc4)c4c(-c5ccccc5)ccc(-c5ccccc5)c24)-c2cccc4cccc-3c24)cc1. The molecule has 0 N–H and O–H groups in total. The number of benzene rings is 8. The van der Waals surface area contributed by atoms with Crippen LogP contribution >= 0.6 is 0 Å². The van der Waals surface area contributed by atoms with Crippen molar-refractivity contribution in [1.82, 2.24) is 0 Å². The number of fused-ring (bicyclic) bond motifs is 4. The summed E-state index contributed by atoms with van der Waals surface area (Å²) in [5.74, 6) is 0. The third-order valence-electron chi connectivity index (χ3n) is 9.75. The van der Waals surface area contributed by atoms with Crippen molar-refractivity contribution in [2.24, 2.45) is 0 Å². The number of hydrogen-bond donors (Lipinski definition) is 0. The van der Waals surface area contributed by atoms with E-state index < -0.39 is 0 Å². The Hall–Kier alpha value is -5.72. The van der Waals surface area contributed by atoms with Gasteiger partial charge in [-0.25, -0.2) is 0 Å². The second-order valence-electron chi connectivity index (χ2n) is 12.6. The van der Waals surface area contributed by atoms with Crippen molar-refractivity contribution in [3.63, 3.8) is 0 Å². The summed E-state index contributed by atoms with van der Waals surface area (Å²) in [5.41, 5.74) is 17.9. The first kappa shape index (κ1) is 26.7. The molecule has 0 heterocycles. The van der Waals surface area contributed by atoms with E-state index in [9.17, 15) is 0 Å². The first-order chi connectivity index (χ1) is 22.7. The zero-order valence-corrected chi connectivity index (χ0v) is 26.0. The average molecular weight is 585 g/mol. The van der Waals surface area contributed by atoms with Crippen LogP contribution < -0.4 is 0 Å². The first-order valence-corrected chi connectivity index (χ1v) is 16.1. The molecule has 0 radical (unpaired) electrons. The van der Waals surface area contributed by atoms with Gasteiger partial charge in [0.1, 0.15) is 0 Å². The number of hydrogen-bond acceptors (Lipinski definition) is 0. The molecule has 0 nitrogen and oxygen atoms in total. The van der Waals surface area contributed by atoms with Crippen molar-refractivity contribution < 1.29 is 0 Å². The Labute approximate surface area is 270 Å². The van der Waals surface area contributed by atoms with Crippen molar-refractivity contribution in [3.8, 4) is 66.8 Å².